The molecule has 1 aromatic carbocycles. The Morgan fingerprint density at radius 3 is 2.81 bits per heavy atom. The molecule has 1 atom stereocenters. The molecule has 1 aliphatic rings. The Hall–Kier alpha value is -2.21. The molecule has 0 aliphatic carbocycles. The average Bonchev–Trinajstić information content (AvgIpc) is 3.16. The Labute approximate surface area is 126 Å². The maximum atomic E-state index is 5.97. The van der Waals surface area contributed by atoms with Gasteiger partial charge in [-0.25, -0.2) is 0 Å². The van der Waals surface area contributed by atoms with Gasteiger partial charge in [0.15, 0.2) is 11.5 Å². The van der Waals surface area contributed by atoms with E-state index in [9.17, 15) is 0 Å². The molecule has 7 heteroatoms. The summed E-state index contributed by atoms with van der Waals surface area (Å²) in [7, 11) is 0. The molecule has 0 N–H and O–H groups in total. The van der Waals surface area contributed by atoms with Crippen LogP contribution in [0.2, 0.25) is 5.02 Å². The van der Waals surface area contributed by atoms with Gasteiger partial charge >= 0.3 is 0 Å². The normalized spacial score (nSPS) is 18.5. The molecule has 21 heavy (non-hydrogen) atoms. The van der Waals surface area contributed by atoms with E-state index in [-0.39, 0.29) is 0 Å². The Morgan fingerprint density at radius 2 is 1.95 bits per heavy atom. The maximum Gasteiger partial charge on any atom is 0.200 e. The zero-order chi connectivity index (χ0) is 14.2. The summed E-state index contributed by atoms with van der Waals surface area (Å²) >= 11 is 5.97. The van der Waals surface area contributed by atoms with Crippen molar-refractivity contribution in [1.29, 1.82) is 0 Å². The minimum Gasteiger partial charge on any atom is -0.348 e. The maximum absolute atomic E-state index is 5.97. The molecule has 4 rings (SSSR count). The summed E-state index contributed by atoms with van der Waals surface area (Å²) in [5.41, 5.74) is 1.91. The SMILES string of the molecule is Clc1ccc([C@H]2CCCN2c2ccc3nnnn3n2)cc1. The Bertz CT molecular complexity index is 768. The number of hydrogen-bond acceptors (Lipinski definition) is 5. The third-order valence-electron chi connectivity index (χ3n) is 3.86. The molecule has 0 radical (unpaired) electrons. The summed E-state index contributed by atoms with van der Waals surface area (Å²) in [6.45, 7) is 0.980. The molecule has 6 nitrogen and oxygen atoms in total. The van der Waals surface area contributed by atoms with Crippen LogP contribution in [-0.4, -0.2) is 31.8 Å². The molecule has 1 aliphatic heterocycles. The van der Waals surface area contributed by atoms with E-state index >= 15 is 0 Å². The van der Waals surface area contributed by atoms with Crippen molar-refractivity contribution < 1.29 is 0 Å². The smallest absolute Gasteiger partial charge is 0.200 e. The second kappa shape index (κ2) is 4.96. The predicted octanol–water partition coefficient (Wildman–Crippen LogP) is 2.51. The standard InChI is InChI=1S/C14H13ClN6/c15-11-5-3-10(4-6-11)12-2-1-9-20(12)14-8-7-13-16-18-19-21(13)17-14/h3-8,12H,1-2,9H2/t12-/m1/s1. The van der Waals surface area contributed by atoms with Gasteiger partial charge in [-0.05, 0) is 53.1 Å². The van der Waals surface area contributed by atoms with Gasteiger partial charge in [0.2, 0.25) is 0 Å². The van der Waals surface area contributed by atoms with E-state index in [0.29, 0.717) is 11.7 Å². The number of hydrogen-bond donors (Lipinski definition) is 0. The molecule has 0 saturated carbocycles. The molecule has 0 bridgehead atoms. The number of fused-ring (bicyclic) bond motifs is 1. The number of rotatable bonds is 2. The van der Waals surface area contributed by atoms with Gasteiger partial charge in [0, 0.05) is 11.6 Å². The van der Waals surface area contributed by atoms with Crippen LogP contribution in [0.4, 0.5) is 5.82 Å². The highest BCUT2D eigenvalue weighted by molar-refractivity contribution is 6.30. The predicted molar refractivity (Wildman–Crippen MR) is 79.4 cm³/mol. The zero-order valence-corrected chi connectivity index (χ0v) is 12.0. The van der Waals surface area contributed by atoms with Crippen LogP contribution in [0, 0.1) is 0 Å². The quantitative estimate of drug-likeness (QED) is 0.728. The van der Waals surface area contributed by atoms with Crippen LogP contribution >= 0.6 is 11.6 Å². The summed E-state index contributed by atoms with van der Waals surface area (Å²) in [4.78, 5) is 2.30. The second-order valence-electron chi connectivity index (χ2n) is 5.12. The largest absolute Gasteiger partial charge is 0.348 e. The van der Waals surface area contributed by atoms with E-state index < -0.39 is 0 Å². The van der Waals surface area contributed by atoms with Gasteiger partial charge in [-0.15, -0.1) is 14.8 Å². The van der Waals surface area contributed by atoms with E-state index in [1.807, 2.05) is 24.3 Å². The first-order valence-corrected chi connectivity index (χ1v) is 7.26. The van der Waals surface area contributed by atoms with Gasteiger partial charge in [-0.2, -0.15) is 0 Å². The van der Waals surface area contributed by atoms with E-state index in [2.05, 4.69) is 37.7 Å². The van der Waals surface area contributed by atoms with Crippen molar-refractivity contribution in [2.24, 2.45) is 0 Å². The molecule has 0 amide bonds. The number of halogens is 1. The molecule has 3 heterocycles. The van der Waals surface area contributed by atoms with Crippen LogP contribution in [0.3, 0.4) is 0 Å². The van der Waals surface area contributed by atoms with Gasteiger partial charge in [-0.1, -0.05) is 23.7 Å². The fourth-order valence-corrected chi connectivity index (χ4v) is 2.99. The minimum atomic E-state index is 0.323. The third-order valence-corrected chi connectivity index (χ3v) is 4.11. The van der Waals surface area contributed by atoms with Gasteiger partial charge < -0.3 is 4.90 Å². The number of aromatic nitrogens is 5. The first-order chi connectivity index (χ1) is 10.3. The van der Waals surface area contributed by atoms with Crippen molar-refractivity contribution >= 4 is 23.1 Å². The van der Waals surface area contributed by atoms with E-state index in [0.717, 1.165) is 30.2 Å². The summed E-state index contributed by atoms with van der Waals surface area (Å²) in [5.74, 6) is 0.896. The van der Waals surface area contributed by atoms with Gasteiger partial charge in [0.05, 0.1) is 6.04 Å². The lowest BCUT2D eigenvalue weighted by Gasteiger charge is -2.25. The second-order valence-corrected chi connectivity index (χ2v) is 5.56. The van der Waals surface area contributed by atoms with Crippen molar-refractivity contribution in [2.45, 2.75) is 18.9 Å². The summed E-state index contributed by atoms with van der Waals surface area (Å²) in [6, 6.07) is 12.2. The molecule has 0 spiro atoms. The van der Waals surface area contributed by atoms with Gasteiger partial charge in [-0.3, -0.25) is 0 Å². The molecule has 106 valence electrons. The highest BCUT2D eigenvalue weighted by atomic mass is 35.5. The summed E-state index contributed by atoms with van der Waals surface area (Å²) in [5, 5.41) is 16.6. The number of tetrazole rings is 1. The monoisotopic (exact) mass is 300 g/mol. The third kappa shape index (κ3) is 2.21. The van der Waals surface area contributed by atoms with Gasteiger partial charge in [0.25, 0.3) is 0 Å². The summed E-state index contributed by atoms with van der Waals surface area (Å²) < 4.78 is 1.46. The fourth-order valence-electron chi connectivity index (χ4n) is 2.87. The number of anilines is 1. The van der Waals surface area contributed by atoms with E-state index in [1.165, 1.54) is 10.2 Å². The van der Waals surface area contributed by atoms with Gasteiger partial charge in [0.1, 0.15) is 0 Å². The molecule has 2 aromatic heterocycles. The topological polar surface area (TPSA) is 59.2 Å². The fraction of sp³-hybridized carbons (Fsp3) is 0.286. The van der Waals surface area contributed by atoms with Crippen molar-refractivity contribution in [3.8, 4) is 0 Å². The Morgan fingerprint density at radius 1 is 1.10 bits per heavy atom. The van der Waals surface area contributed by atoms with Crippen molar-refractivity contribution in [1.82, 2.24) is 25.3 Å². The number of benzene rings is 1. The number of nitrogens with zero attached hydrogens (tertiary/aromatic N) is 6. The van der Waals surface area contributed by atoms with Crippen LogP contribution in [0.25, 0.3) is 5.65 Å². The summed E-state index contributed by atoms with van der Waals surface area (Å²) in [6.07, 6.45) is 2.25. The molecular weight excluding hydrogens is 288 g/mol. The van der Waals surface area contributed by atoms with Crippen LogP contribution in [-0.2, 0) is 0 Å². The van der Waals surface area contributed by atoms with Crippen LogP contribution in [0.5, 0.6) is 0 Å². The van der Waals surface area contributed by atoms with Crippen LogP contribution in [0.15, 0.2) is 36.4 Å². The highest BCUT2D eigenvalue weighted by Gasteiger charge is 2.27. The Balaban J connectivity index is 1.70. The van der Waals surface area contributed by atoms with Crippen LogP contribution in [0.1, 0.15) is 24.4 Å². The molecule has 0 unspecified atom stereocenters. The molecule has 3 aromatic rings. The van der Waals surface area contributed by atoms with Crippen molar-refractivity contribution in [3.63, 3.8) is 0 Å². The molecular formula is C14H13ClN6. The first kappa shape index (κ1) is 12.5. The Kier molecular flexibility index (Phi) is 2.96. The minimum absolute atomic E-state index is 0.323. The lowest BCUT2D eigenvalue weighted by Crippen LogP contribution is -2.24. The van der Waals surface area contributed by atoms with Crippen LogP contribution < -0.4 is 4.90 Å². The van der Waals surface area contributed by atoms with Crippen molar-refractivity contribution in [3.05, 3.63) is 47.0 Å². The molecule has 1 fully saturated rings. The molecule has 1 saturated heterocycles. The average molecular weight is 301 g/mol. The zero-order valence-electron chi connectivity index (χ0n) is 11.2. The van der Waals surface area contributed by atoms with E-state index in [4.69, 9.17) is 11.6 Å². The van der Waals surface area contributed by atoms with Crippen molar-refractivity contribution in [2.75, 3.05) is 11.4 Å². The lowest BCUT2D eigenvalue weighted by molar-refractivity contribution is 0.679. The van der Waals surface area contributed by atoms with E-state index in [1.54, 1.807) is 0 Å². The first-order valence-electron chi connectivity index (χ1n) is 6.89. The lowest BCUT2D eigenvalue weighted by atomic mass is 10.0. The highest BCUT2D eigenvalue weighted by Crippen LogP contribution is 2.35.